The molecular weight excluding hydrogens is 218 g/mol. The first-order chi connectivity index (χ1) is 8.18. The van der Waals surface area contributed by atoms with Gasteiger partial charge in [-0.1, -0.05) is 0 Å². The first kappa shape index (κ1) is 11.8. The molecule has 0 bridgehead atoms. The first-order valence-corrected chi connectivity index (χ1v) is 5.74. The number of primary amides is 1. The molecule has 6 heteroatoms. The van der Waals surface area contributed by atoms with Crippen molar-refractivity contribution in [1.29, 1.82) is 0 Å². The average Bonchev–Trinajstić information content (AvgIpc) is 2.81. The highest BCUT2D eigenvalue weighted by atomic mass is 16.1. The largest absolute Gasteiger partial charge is 0.364 e. The fourth-order valence-electron chi connectivity index (χ4n) is 2.11. The van der Waals surface area contributed by atoms with Gasteiger partial charge in [-0.25, -0.2) is 9.97 Å². The Morgan fingerprint density at radius 3 is 3.00 bits per heavy atom. The van der Waals surface area contributed by atoms with Crippen molar-refractivity contribution in [2.75, 3.05) is 25.0 Å². The lowest BCUT2D eigenvalue weighted by Gasteiger charge is -2.23. The van der Waals surface area contributed by atoms with Gasteiger partial charge in [-0.05, 0) is 19.4 Å². The van der Waals surface area contributed by atoms with Crippen molar-refractivity contribution in [3.05, 3.63) is 18.1 Å². The maximum Gasteiger partial charge on any atom is 0.271 e. The summed E-state index contributed by atoms with van der Waals surface area (Å²) in [5, 5.41) is 3.40. The van der Waals surface area contributed by atoms with E-state index in [-0.39, 0.29) is 5.69 Å². The van der Waals surface area contributed by atoms with E-state index in [1.165, 1.54) is 12.6 Å². The lowest BCUT2D eigenvalue weighted by molar-refractivity contribution is 0.0995. The first-order valence-electron chi connectivity index (χ1n) is 5.74. The Hall–Kier alpha value is -1.69. The summed E-state index contributed by atoms with van der Waals surface area (Å²) in [4.78, 5) is 21.3. The van der Waals surface area contributed by atoms with Gasteiger partial charge < -0.3 is 16.0 Å². The Bertz CT molecular complexity index is 403. The van der Waals surface area contributed by atoms with Crippen LogP contribution in [0.3, 0.4) is 0 Å². The number of nitrogens with one attached hydrogen (secondary N) is 1. The highest BCUT2D eigenvalue weighted by Gasteiger charge is 2.20. The van der Waals surface area contributed by atoms with Gasteiger partial charge in [-0.3, -0.25) is 4.79 Å². The lowest BCUT2D eigenvalue weighted by Crippen LogP contribution is -2.36. The van der Waals surface area contributed by atoms with E-state index in [9.17, 15) is 4.79 Å². The zero-order chi connectivity index (χ0) is 12.3. The molecule has 0 radical (unpaired) electrons. The van der Waals surface area contributed by atoms with Crippen molar-refractivity contribution >= 4 is 11.7 Å². The van der Waals surface area contributed by atoms with Gasteiger partial charge in [-0.15, -0.1) is 0 Å². The number of hydrogen-bond acceptors (Lipinski definition) is 5. The van der Waals surface area contributed by atoms with Gasteiger partial charge >= 0.3 is 0 Å². The molecule has 2 heterocycles. The summed E-state index contributed by atoms with van der Waals surface area (Å²) in [5.41, 5.74) is 5.51. The number of aromatic nitrogens is 2. The third-order valence-electron chi connectivity index (χ3n) is 2.93. The second-order valence-electron chi connectivity index (χ2n) is 4.27. The zero-order valence-electron chi connectivity index (χ0n) is 9.89. The molecule has 0 saturated carbocycles. The second-order valence-corrected chi connectivity index (χ2v) is 4.27. The third kappa shape index (κ3) is 2.71. The van der Waals surface area contributed by atoms with E-state index in [1.807, 2.05) is 11.9 Å². The summed E-state index contributed by atoms with van der Waals surface area (Å²) in [6.07, 6.45) is 5.39. The fraction of sp³-hybridized carbons (Fsp3) is 0.545. The molecule has 2 rings (SSSR count). The molecule has 1 aliphatic heterocycles. The molecule has 1 aromatic rings. The minimum Gasteiger partial charge on any atom is -0.364 e. The van der Waals surface area contributed by atoms with Gasteiger partial charge in [0.15, 0.2) is 11.5 Å². The molecule has 0 spiro atoms. The van der Waals surface area contributed by atoms with Crippen LogP contribution in [0.5, 0.6) is 0 Å². The number of carbonyl (C=O) groups is 1. The third-order valence-corrected chi connectivity index (χ3v) is 2.93. The molecule has 0 aromatic carbocycles. The molecule has 1 saturated heterocycles. The summed E-state index contributed by atoms with van der Waals surface area (Å²) < 4.78 is 0. The number of rotatable bonds is 4. The van der Waals surface area contributed by atoms with Gasteiger partial charge in [0.25, 0.3) is 5.91 Å². The molecule has 1 unspecified atom stereocenters. The molecule has 0 aliphatic carbocycles. The van der Waals surface area contributed by atoms with Crippen LogP contribution in [0.2, 0.25) is 0 Å². The maximum absolute atomic E-state index is 11.2. The predicted molar refractivity (Wildman–Crippen MR) is 64.8 cm³/mol. The van der Waals surface area contributed by atoms with Crippen LogP contribution in [-0.4, -0.2) is 42.1 Å². The Morgan fingerprint density at radius 1 is 1.59 bits per heavy atom. The van der Waals surface area contributed by atoms with Crippen molar-refractivity contribution in [2.45, 2.75) is 18.9 Å². The normalized spacial score (nSPS) is 19.2. The van der Waals surface area contributed by atoms with Crippen molar-refractivity contribution in [2.24, 2.45) is 5.73 Å². The van der Waals surface area contributed by atoms with Gasteiger partial charge in [-0.2, -0.15) is 0 Å². The van der Waals surface area contributed by atoms with E-state index in [4.69, 9.17) is 5.73 Å². The summed E-state index contributed by atoms with van der Waals surface area (Å²) in [6.45, 7) is 1.86. The van der Waals surface area contributed by atoms with Crippen molar-refractivity contribution in [3.63, 3.8) is 0 Å². The molecule has 3 N–H and O–H groups in total. The summed E-state index contributed by atoms with van der Waals surface area (Å²) in [5.74, 6) is 0.00744. The maximum atomic E-state index is 11.2. The van der Waals surface area contributed by atoms with Crippen LogP contribution in [0.4, 0.5) is 5.82 Å². The van der Waals surface area contributed by atoms with Crippen LogP contribution in [0.15, 0.2) is 12.4 Å². The predicted octanol–water partition coefficient (Wildman–Crippen LogP) is -0.236. The van der Waals surface area contributed by atoms with Crippen LogP contribution in [0.1, 0.15) is 23.3 Å². The molecule has 92 valence electrons. The standard InChI is InChI=1S/C11H17N5O/c1-16(7-8-3-2-4-13-8)11-9(10(12)17)14-5-6-15-11/h5-6,8,13H,2-4,7H2,1H3,(H2,12,17). The van der Waals surface area contributed by atoms with Crippen LogP contribution in [-0.2, 0) is 0 Å². The van der Waals surface area contributed by atoms with E-state index in [2.05, 4.69) is 15.3 Å². The Kier molecular flexibility index (Phi) is 3.53. The summed E-state index contributed by atoms with van der Waals surface area (Å²) >= 11 is 0. The van der Waals surface area contributed by atoms with E-state index in [0.29, 0.717) is 11.9 Å². The zero-order valence-corrected chi connectivity index (χ0v) is 9.89. The second kappa shape index (κ2) is 5.09. The molecule has 1 aliphatic rings. The van der Waals surface area contributed by atoms with Crippen LogP contribution in [0, 0.1) is 0 Å². The average molecular weight is 235 g/mol. The number of carbonyl (C=O) groups excluding carboxylic acids is 1. The number of hydrogen-bond donors (Lipinski definition) is 2. The molecule has 1 atom stereocenters. The molecule has 1 aromatic heterocycles. The van der Waals surface area contributed by atoms with Crippen LogP contribution < -0.4 is 16.0 Å². The number of nitrogens with two attached hydrogens (primary N) is 1. The van der Waals surface area contributed by atoms with Crippen LogP contribution in [0.25, 0.3) is 0 Å². The molecule has 17 heavy (non-hydrogen) atoms. The number of likely N-dealkylation sites (N-methyl/N-ethyl adjacent to an activating group) is 1. The van der Waals surface area contributed by atoms with E-state index in [0.717, 1.165) is 19.5 Å². The lowest BCUT2D eigenvalue weighted by atomic mass is 10.2. The van der Waals surface area contributed by atoms with Gasteiger partial charge in [0.2, 0.25) is 0 Å². The SMILES string of the molecule is CN(CC1CCCN1)c1nccnc1C(N)=O. The highest BCUT2D eigenvalue weighted by molar-refractivity contribution is 5.95. The molecule has 1 amide bonds. The monoisotopic (exact) mass is 235 g/mol. The molecular formula is C11H17N5O. The van der Waals surface area contributed by atoms with Crippen molar-refractivity contribution < 1.29 is 4.79 Å². The smallest absolute Gasteiger partial charge is 0.271 e. The topological polar surface area (TPSA) is 84.1 Å². The van der Waals surface area contributed by atoms with Crippen molar-refractivity contribution in [3.8, 4) is 0 Å². The minimum absolute atomic E-state index is 0.230. The van der Waals surface area contributed by atoms with Crippen molar-refractivity contribution in [1.82, 2.24) is 15.3 Å². The molecule has 6 nitrogen and oxygen atoms in total. The number of nitrogens with zero attached hydrogens (tertiary/aromatic N) is 3. The highest BCUT2D eigenvalue weighted by Crippen LogP contribution is 2.15. The minimum atomic E-state index is -0.542. The number of amides is 1. The van der Waals surface area contributed by atoms with E-state index < -0.39 is 5.91 Å². The Balaban J connectivity index is 2.12. The van der Waals surface area contributed by atoms with Gasteiger partial charge in [0, 0.05) is 32.0 Å². The Labute approximate surface area is 100 Å². The Morgan fingerprint density at radius 2 is 2.35 bits per heavy atom. The molecule has 1 fully saturated rings. The summed E-state index contributed by atoms with van der Waals surface area (Å²) in [6, 6.07) is 0.447. The van der Waals surface area contributed by atoms with Crippen LogP contribution >= 0.6 is 0 Å². The fourth-order valence-corrected chi connectivity index (χ4v) is 2.11. The van der Waals surface area contributed by atoms with Gasteiger partial charge in [0.1, 0.15) is 0 Å². The van der Waals surface area contributed by atoms with E-state index >= 15 is 0 Å². The number of anilines is 1. The quantitative estimate of drug-likeness (QED) is 0.752. The van der Waals surface area contributed by atoms with Gasteiger partial charge in [0.05, 0.1) is 0 Å². The summed E-state index contributed by atoms with van der Waals surface area (Å²) in [7, 11) is 1.90. The van der Waals surface area contributed by atoms with E-state index in [1.54, 1.807) is 6.20 Å².